The molecule has 2 aliphatic rings. The summed E-state index contributed by atoms with van der Waals surface area (Å²) in [5, 5.41) is 11.7. The number of furan rings is 1. The molecule has 2 aromatic heterocycles. The summed E-state index contributed by atoms with van der Waals surface area (Å²) >= 11 is 0. The Bertz CT molecular complexity index is 795. The van der Waals surface area contributed by atoms with E-state index in [0.717, 1.165) is 24.0 Å². The fourth-order valence-electron chi connectivity index (χ4n) is 2.64. The normalized spacial score (nSPS) is 17.0. The zero-order valence-corrected chi connectivity index (χ0v) is 13.3. The van der Waals surface area contributed by atoms with Crippen LogP contribution in [0.15, 0.2) is 35.1 Å². The van der Waals surface area contributed by atoms with Gasteiger partial charge in [-0.3, -0.25) is 4.79 Å². The van der Waals surface area contributed by atoms with E-state index in [1.54, 1.807) is 24.7 Å². The van der Waals surface area contributed by atoms with Gasteiger partial charge in [-0.15, -0.1) is 0 Å². The van der Waals surface area contributed by atoms with Crippen LogP contribution in [0.1, 0.15) is 12.8 Å². The summed E-state index contributed by atoms with van der Waals surface area (Å²) in [7, 11) is 0. The predicted molar refractivity (Wildman–Crippen MR) is 87.3 cm³/mol. The fraction of sp³-hybridized carbons (Fsp3) is 0.353. The van der Waals surface area contributed by atoms with Gasteiger partial charge < -0.3 is 24.5 Å². The maximum atomic E-state index is 11.9. The Morgan fingerprint density at radius 3 is 2.72 bits per heavy atom. The molecule has 1 aliphatic heterocycles. The van der Waals surface area contributed by atoms with E-state index < -0.39 is 6.09 Å². The van der Waals surface area contributed by atoms with Gasteiger partial charge in [-0.05, 0) is 31.0 Å². The number of anilines is 1. The van der Waals surface area contributed by atoms with E-state index in [4.69, 9.17) is 14.3 Å². The lowest BCUT2D eigenvalue weighted by Gasteiger charge is -2.36. The first-order chi connectivity index (χ1) is 12.1. The van der Waals surface area contributed by atoms with Crippen LogP contribution in [0, 0.1) is 5.92 Å². The first-order valence-electron chi connectivity index (χ1n) is 8.09. The number of ether oxygens (including phenoxy) is 1. The molecule has 1 aliphatic carbocycles. The molecule has 0 unspecified atom stereocenters. The molecule has 8 nitrogen and oxygen atoms in total. The quantitative estimate of drug-likeness (QED) is 0.864. The average Bonchev–Trinajstić information content (AvgIpc) is 3.26. The highest BCUT2D eigenvalue weighted by molar-refractivity contribution is 5.93. The number of carbonyl (C=O) groups excluding carboxylic acids is 1. The molecule has 1 saturated heterocycles. The summed E-state index contributed by atoms with van der Waals surface area (Å²) in [6, 6.07) is 5.32. The minimum absolute atomic E-state index is 0.0322. The van der Waals surface area contributed by atoms with E-state index in [0.29, 0.717) is 24.8 Å². The van der Waals surface area contributed by atoms with Gasteiger partial charge in [-0.25, -0.2) is 4.79 Å². The third kappa shape index (κ3) is 3.28. The Labute approximate surface area is 143 Å². The van der Waals surface area contributed by atoms with Crippen molar-refractivity contribution in [2.24, 2.45) is 5.92 Å². The molecule has 2 N–H and O–H groups in total. The molecule has 2 amide bonds. The van der Waals surface area contributed by atoms with Gasteiger partial charge in [0.25, 0.3) is 0 Å². The third-order valence-corrected chi connectivity index (χ3v) is 4.29. The Morgan fingerprint density at radius 1 is 1.28 bits per heavy atom. The molecule has 0 atom stereocenters. The molecule has 8 heteroatoms. The smallest absolute Gasteiger partial charge is 0.407 e. The van der Waals surface area contributed by atoms with Crippen LogP contribution in [0.5, 0.6) is 5.88 Å². The number of hydrogen-bond donors (Lipinski definition) is 2. The lowest BCUT2D eigenvalue weighted by molar-refractivity contribution is -0.117. The largest absolute Gasteiger partial charge is 0.472 e. The van der Waals surface area contributed by atoms with Gasteiger partial charge >= 0.3 is 6.09 Å². The number of carboxylic acid groups (broad SMARTS) is 1. The summed E-state index contributed by atoms with van der Waals surface area (Å²) in [4.78, 5) is 28.5. The van der Waals surface area contributed by atoms with Crippen molar-refractivity contribution >= 4 is 17.8 Å². The standard InChI is InChI=1S/C17H17N3O5/c21-15(10-1-2-10)18-14-4-3-13(11-5-6-24-9-11)16(19-14)25-12-7-20(8-12)17(22)23/h3-6,9-10,12H,1-2,7-8H2,(H,22,23)(H,18,19,21). The molecule has 0 aromatic carbocycles. The number of pyridine rings is 1. The van der Waals surface area contributed by atoms with Crippen molar-refractivity contribution in [3.63, 3.8) is 0 Å². The van der Waals surface area contributed by atoms with E-state index in [9.17, 15) is 9.59 Å². The average molecular weight is 343 g/mol. The number of rotatable bonds is 5. The summed E-state index contributed by atoms with van der Waals surface area (Å²) in [5.41, 5.74) is 1.53. The SMILES string of the molecule is O=C(Nc1ccc(-c2ccoc2)c(OC2CN(C(=O)O)C2)n1)C1CC1. The van der Waals surface area contributed by atoms with Crippen molar-refractivity contribution in [3.8, 4) is 17.0 Å². The van der Waals surface area contributed by atoms with Crippen LogP contribution in [0.25, 0.3) is 11.1 Å². The molecule has 0 radical (unpaired) electrons. The summed E-state index contributed by atoms with van der Waals surface area (Å²) < 4.78 is 11.0. The second-order valence-corrected chi connectivity index (χ2v) is 6.25. The van der Waals surface area contributed by atoms with Crippen LogP contribution in [-0.4, -0.2) is 46.2 Å². The second kappa shape index (κ2) is 6.12. The zero-order valence-electron chi connectivity index (χ0n) is 13.3. The topological polar surface area (TPSA) is 105 Å². The molecule has 2 aromatic rings. The minimum Gasteiger partial charge on any atom is -0.472 e. The Balaban J connectivity index is 1.54. The van der Waals surface area contributed by atoms with Crippen molar-refractivity contribution in [2.45, 2.75) is 18.9 Å². The Kier molecular flexibility index (Phi) is 3.79. The van der Waals surface area contributed by atoms with Gasteiger partial charge in [0, 0.05) is 17.0 Å². The van der Waals surface area contributed by atoms with Gasteiger partial charge in [-0.1, -0.05) is 0 Å². The first kappa shape index (κ1) is 15.5. The van der Waals surface area contributed by atoms with Crippen molar-refractivity contribution < 1.29 is 23.8 Å². The summed E-state index contributed by atoms with van der Waals surface area (Å²) in [6.07, 6.45) is 3.73. The van der Waals surface area contributed by atoms with Crippen LogP contribution in [0.4, 0.5) is 10.6 Å². The van der Waals surface area contributed by atoms with Gasteiger partial charge in [0.05, 0.1) is 25.6 Å². The minimum atomic E-state index is -0.965. The highest BCUT2D eigenvalue weighted by atomic mass is 16.5. The Morgan fingerprint density at radius 2 is 2.08 bits per heavy atom. The van der Waals surface area contributed by atoms with Crippen LogP contribution in [-0.2, 0) is 4.79 Å². The van der Waals surface area contributed by atoms with E-state index in [1.165, 1.54) is 4.90 Å². The molecule has 25 heavy (non-hydrogen) atoms. The number of aromatic nitrogens is 1. The molecule has 2 fully saturated rings. The number of hydrogen-bond acceptors (Lipinski definition) is 5. The van der Waals surface area contributed by atoms with Crippen LogP contribution in [0.3, 0.4) is 0 Å². The maximum absolute atomic E-state index is 11.9. The number of nitrogens with zero attached hydrogens (tertiary/aromatic N) is 2. The van der Waals surface area contributed by atoms with E-state index >= 15 is 0 Å². The molecule has 3 heterocycles. The van der Waals surface area contributed by atoms with Gasteiger partial charge in [-0.2, -0.15) is 4.98 Å². The van der Waals surface area contributed by atoms with Crippen molar-refractivity contribution in [2.75, 3.05) is 18.4 Å². The predicted octanol–water partition coefficient (Wildman–Crippen LogP) is 2.43. The van der Waals surface area contributed by atoms with E-state index in [1.807, 2.05) is 6.07 Å². The molecular formula is C17H17N3O5. The monoisotopic (exact) mass is 343 g/mol. The van der Waals surface area contributed by atoms with Gasteiger partial charge in [0.2, 0.25) is 11.8 Å². The zero-order chi connectivity index (χ0) is 17.4. The van der Waals surface area contributed by atoms with E-state index in [2.05, 4.69) is 10.3 Å². The van der Waals surface area contributed by atoms with Gasteiger partial charge in [0.15, 0.2) is 0 Å². The van der Waals surface area contributed by atoms with Crippen LogP contribution in [0.2, 0.25) is 0 Å². The summed E-state index contributed by atoms with van der Waals surface area (Å²) in [6.45, 7) is 0.584. The number of likely N-dealkylation sites (tertiary alicyclic amines) is 1. The highest BCUT2D eigenvalue weighted by Gasteiger charge is 2.33. The van der Waals surface area contributed by atoms with Crippen LogP contribution < -0.4 is 10.1 Å². The first-order valence-corrected chi connectivity index (χ1v) is 8.09. The maximum Gasteiger partial charge on any atom is 0.407 e. The fourth-order valence-corrected chi connectivity index (χ4v) is 2.64. The lowest BCUT2D eigenvalue weighted by atomic mass is 10.1. The molecule has 130 valence electrons. The van der Waals surface area contributed by atoms with Crippen molar-refractivity contribution in [1.82, 2.24) is 9.88 Å². The molecular weight excluding hydrogens is 326 g/mol. The second-order valence-electron chi connectivity index (χ2n) is 6.25. The summed E-state index contributed by atoms with van der Waals surface area (Å²) in [5.74, 6) is 0.823. The van der Waals surface area contributed by atoms with Gasteiger partial charge in [0.1, 0.15) is 11.9 Å². The highest BCUT2D eigenvalue weighted by Crippen LogP contribution is 2.33. The van der Waals surface area contributed by atoms with Crippen molar-refractivity contribution in [1.29, 1.82) is 0 Å². The molecule has 0 spiro atoms. The molecule has 4 rings (SSSR count). The number of amides is 2. The Hall–Kier alpha value is -3.03. The molecule has 0 bridgehead atoms. The van der Waals surface area contributed by atoms with Crippen molar-refractivity contribution in [3.05, 3.63) is 30.7 Å². The lowest BCUT2D eigenvalue weighted by Crippen LogP contribution is -2.55. The van der Waals surface area contributed by atoms with Crippen LogP contribution >= 0.6 is 0 Å². The number of nitrogens with one attached hydrogen (secondary N) is 1. The third-order valence-electron chi connectivity index (χ3n) is 4.29. The number of carbonyl (C=O) groups is 2. The van der Waals surface area contributed by atoms with E-state index in [-0.39, 0.29) is 17.9 Å². The molecule has 1 saturated carbocycles.